The number of nitrogens with zero attached hydrogens (tertiary/aromatic N) is 4. The van der Waals surface area contributed by atoms with Crippen LogP contribution in [-0.2, 0) is 6.54 Å². The van der Waals surface area contributed by atoms with E-state index in [-0.39, 0.29) is 18.1 Å². The number of nitrogens with two attached hydrogens (primary N) is 1. The topological polar surface area (TPSA) is 128 Å². The van der Waals surface area contributed by atoms with Crippen LogP contribution < -0.4 is 15.8 Å². The maximum absolute atomic E-state index is 12.6. The van der Waals surface area contributed by atoms with Gasteiger partial charge in [-0.2, -0.15) is 5.10 Å². The van der Waals surface area contributed by atoms with Crippen LogP contribution in [0.5, 0.6) is 5.75 Å². The number of para-hydroxylation sites is 1. The molecule has 2 aromatic heterocycles. The number of nitrogen functional groups attached to an aromatic ring is 1. The molecule has 0 aliphatic heterocycles. The Balaban J connectivity index is 1.38. The van der Waals surface area contributed by atoms with Gasteiger partial charge in [0.25, 0.3) is 5.91 Å². The molecule has 0 spiro atoms. The van der Waals surface area contributed by atoms with Gasteiger partial charge >= 0.3 is 0 Å². The van der Waals surface area contributed by atoms with E-state index >= 15 is 0 Å². The average molecular weight is 459 g/mol. The fourth-order valence-electron chi connectivity index (χ4n) is 4.50. The Hall–Kier alpha value is -3.98. The first-order valence-corrected chi connectivity index (χ1v) is 11.2. The molecule has 0 unspecified atom stereocenters. The van der Waals surface area contributed by atoms with Gasteiger partial charge in [0.1, 0.15) is 23.6 Å². The molecule has 0 bridgehead atoms. The first-order chi connectivity index (χ1) is 16.5. The van der Waals surface area contributed by atoms with Crippen molar-refractivity contribution in [3.63, 3.8) is 0 Å². The highest BCUT2D eigenvalue weighted by atomic mass is 16.5. The van der Waals surface area contributed by atoms with Crippen LogP contribution >= 0.6 is 0 Å². The molecule has 4 N–H and O–H groups in total. The number of aliphatic hydroxyl groups excluding tert-OH is 1. The average Bonchev–Trinajstić information content (AvgIpc) is 3.47. The number of rotatable bonds is 6. The van der Waals surface area contributed by atoms with Gasteiger partial charge < -0.3 is 20.9 Å². The molecule has 5 rings (SSSR count). The zero-order valence-corrected chi connectivity index (χ0v) is 18.8. The van der Waals surface area contributed by atoms with Crippen molar-refractivity contribution in [2.24, 2.45) is 0 Å². The third-order valence-electron chi connectivity index (χ3n) is 6.27. The van der Waals surface area contributed by atoms with E-state index in [4.69, 9.17) is 15.6 Å². The van der Waals surface area contributed by atoms with Crippen LogP contribution in [0.1, 0.15) is 41.2 Å². The number of amides is 1. The first-order valence-electron chi connectivity index (χ1n) is 11.2. The Kier molecular flexibility index (Phi) is 5.85. The summed E-state index contributed by atoms with van der Waals surface area (Å²) in [5.74, 6) is 0.709. The third-order valence-corrected chi connectivity index (χ3v) is 6.27. The molecule has 1 aliphatic rings. The zero-order valence-electron chi connectivity index (χ0n) is 18.8. The number of ether oxygens (including phenoxy) is 1. The molecular weight excluding hydrogens is 432 g/mol. The molecule has 4 aromatic rings. The van der Waals surface area contributed by atoms with Crippen LogP contribution in [0.2, 0.25) is 0 Å². The van der Waals surface area contributed by atoms with Gasteiger partial charge in [0, 0.05) is 12.1 Å². The normalized spacial score (nSPS) is 17.7. The number of methoxy groups -OCH3 is 1. The lowest BCUT2D eigenvalue weighted by Gasteiger charge is -2.10. The number of anilines is 1. The fourth-order valence-corrected chi connectivity index (χ4v) is 4.50. The van der Waals surface area contributed by atoms with Crippen molar-refractivity contribution in [2.45, 2.75) is 38.0 Å². The van der Waals surface area contributed by atoms with Gasteiger partial charge in [0.05, 0.1) is 30.2 Å². The minimum Gasteiger partial charge on any atom is -0.496 e. The van der Waals surface area contributed by atoms with E-state index in [1.807, 2.05) is 35.0 Å². The van der Waals surface area contributed by atoms with E-state index in [0.717, 1.165) is 24.0 Å². The Labute approximate surface area is 196 Å². The molecule has 2 heterocycles. The Morgan fingerprint density at radius 2 is 1.97 bits per heavy atom. The summed E-state index contributed by atoms with van der Waals surface area (Å²) in [5.41, 5.74) is 9.91. The predicted molar refractivity (Wildman–Crippen MR) is 128 cm³/mol. The van der Waals surface area contributed by atoms with Gasteiger partial charge in [0.15, 0.2) is 5.65 Å². The van der Waals surface area contributed by atoms with Crippen LogP contribution in [0.25, 0.3) is 22.3 Å². The number of carbonyl (C=O) groups is 1. The minimum absolute atomic E-state index is 0.0741. The summed E-state index contributed by atoms with van der Waals surface area (Å²) in [7, 11) is 1.54. The second-order valence-electron chi connectivity index (χ2n) is 8.45. The highest BCUT2D eigenvalue weighted by molar-refractivity contribution is 5.98. The molecule has 0 radical (unpaired) electrons. The van der Waals surface area contributed by atoms with Crippen molar-refractivity contribution in [3.05, 3.63) is 66.0 Å². The standard InChI is InChI=1S/C25H26N6O3/c1-34-20-5-3-2-4-19(20)25(33)27-13-15-6-8-16(9-7-15)22-21-23(26)28-14-29-24(21)31(30-22)17-10-11-18(32)12-17/h2-9,14,17-18,32H,10-13H2,1H3,(H,27,33)(H2,26,28,29)/t17-,18+/m1/s1. The minimum atomic E-state index is -0.322. The number of hydrogen-bond donors (Lipinski definition) is 3. The second kappa shape index (κ2) is 9.11. The molecule has 1 aliphatic carbocycles. The Morgan fingerprint density at radius 1 is 1.18 bits per heavy atom. The molecule has 1 saturated carbocycles. The summed E-state index contributed by atoms with van der Waals surface area (Å²) >= 11 is 0. The molecule has 34 heavy (non-hydrogen) atoms. The van der Waals surface area contributed by atoms with Gasteiger partial charge in [0.2, 0.25) is 0 Å². The summed E-state index contributed by atoms with van der Waals surface area (Å²) in [6.07, 6.45) is 3.35. The summed E-state index contributed by atoms with van der Waals surface area (Å²) in [4.78, 5) is 21.2. The third kappa shape index (κ3) is 4.06. The van der Waals surface area contributed by atoms with Crippen molar-refractivity contribution in [1.82, 2.24) is 25.1 Å². The van der Waals surface area contributed by atoms with Crippen molar-refractivity contribution in [3.8, 4) is 17.0 Å². The summed E-state index contributed by atoms with van der Waals surface area (Å²) in [6.45, 7) is 0.373. The number of benzene rings is 2. The van der Waals surface area contributed by atoms with Crippen LogP contribution in [-0.4, -0.2) is 44.0 Å². The van der Waals surface area contributed by atoms with Crippen LogP contribution in [0, 0.1) is 0 Å². The monoisotopic (exact) mass is 458 g/mol. The number of fused-ring (bicyclic) bond motifs is 1. The van der Waals surface area contributed by atoms with E-state index in [9.17, 15) is 9.90 Å². The number of carbonyl (C=O) groups excluding carboxylic acids is 1. The molecule has 174 valence electrons. The van der Waals surface area contributed by atoms with E-state index in [1.165, 1.54) is 6.33 Å². The fraction of sp³-hybridized carbons (Fsp3) is 0.280. The quantitative estimate of drug-likeness (QED) is 0.405. The summed E-state index contributed by atoms with van der Waals surface area (Å²) in [6, 6.07) is 15.0. The zero-order chi connectivity index (χ0) is 23.7. The Bertz CT molecular complexity index is 1330. The Morgan fingerprint density at radius 3 is 2.71 bits per heavy atom. The van der Waals surface area contributed by atoms with E-state index < -0.39 is 0 Å². The van der Waals surface area contributed by atoms with Crippen LogP contribution in [0.3, 0.4) is 0 Å². The predicted octanol–water partition coefficient (Wildman–Crippen LogP) is 3.10. The molecular formula is C25H26N6O3. The van der Waals surface area contributed by atoms with E-state index in [1.54, 1.807) is 25.3 Å². The lowest BCUT2D eigenvalue weighted by molar-refractivity contribution is 0.0948. The lowest BCUT2D eigenvalue weighted by Crippen LogP contribution is -2.23. The van der Waals surface area contributed by atoms with E-state index in [2.05, 4.69) is 15.3 Å². The molecule has 9 nitrogen and oxygen atoms in total. The van der Waals surface area contributed by atoms with Gasteiger partial charge in [-0.25, -0.2) is 14.6 Å². The number of aliphatic hydroxyl groups is 1. The second-order valence-corrected chi connectivity index (χ2v) is 8.45. The molecule has 0 saturated heterocycles. The highest BCUT2D eigenvalue weighted by Crippen LogP contribution is 2.36. The molecule has 1 amide bonds. The molecule has 2 atom stereocenters. The number of hydrogen-bond acceptors (Lipinski definition) is 7. The van der Waals surface area contributed by atoms with Crippen LogP contribution in [0.4, 0.5) is 5.82 Å². The maximum atomic E-state index is 12.6. The lowest BCUT2D eigenvalue weighted by atomic mass is 10.1. The first kappa shape index (κ1) is 21.8. The maximum Gasteiger partial charge on any atom is 0.255 e. The number of aromatic nitrogens is 4. The summed E-state index contributed by atoms with van der Waals surface area (Å²) in [5, 5.41) is 18.5. The van der Waals surface area contributed by atoms with Gasteiger partial charge in [-0.3, -0.25) is 4.79 Å². The van der Waals surface area contributed by atoms with Crippen molar-refractivity contribution in [1.29, 1.82) is 0 Å². The SMILES string of the molecule is COc1ccccc1C(=O)NCc1ccc(-c2nn([C@@H]3CC[C@H](O)C3)c3ncnc(N)c23)cc1. The van der Waals surface area contributed by atoms with Crippen molar-refractivity contribution < 1.29 is 14.6 Å². The largest absolute Gasteiger partial charge is 0.496 e. The molecule has 2 aromatic carbocycles. The summed E-state index contributed by atoms with van der Waals surface area (Å²) < 4.78 is 7.14. The highest BCUT2D eigenvalue weighted by Gasteiger charge is 2.28. The smallest absolute Gasteiger partial charge is 0.255 e. The molecule has 9 heteroatoms. The van der Waals surface area contributed by atoms with Crippen molar-refractivity contribution >= 4 is 22.8 Å². The van der Waals surface area contributed by atoms with Gasteiger partial charge in [-0.15, -0.1) is 0 Å². The van der Waals surface area contributed by atoms with E-state index in [0.29, 0.717) is 46.8 Å². The van der Waals surface area contributed by atoms with Gasteiger partial charge in [-0.05, 0) is 37.0 Å². The number of nitrogens with one attached hydrogen (secondary N) is 1. The van der Waals surface area contributed by atoms with Crippen molar-refractivity contribution in [2.75, 3.05) is 12.8 Å². The van der Waals surface area contributed by atoms with Crippen LogP contribution in [0.15, 0.2) is 54.9 Å². The molecule has 1 fully saturated rings. The van der Waals surface area contributed by atoms with Gasteiger partial charge in [-0.1, -0.05) is 36.4 Å².